The number of hydrogen-bond acceptors (Lipinski definition) is 4. The molecule has 1 aromatic carbocycles. The molecule has 2 heterocycles. The Bertz CT molecular complexity index is 712. The van der Waals surface area contributed by atoms with Crippen molar-refractivity contribution in [2.24, 2.45) is 5.92 Å². The molecule has 1 aliphatic rings. The van der Waals surface area contributed by atoms with E-state index in [1.807, 2.05) is 35.0 Å². The van der Waals surface area contributed by atoms with Gasteiger partial charge in [-0.3, -0.25) is 9.59 Å². The predicted octanol–water partition coefficient (Wildman–Crippen LogP) is 1.06. The molecule has 0 saturated carbocycles. The van der Waals surface area contributed by atoms with Gasteiger partial charge in [0.15, 0.2) is 0 Å². The Morgan fingerprint density at radius 3 is 2.84 bits per heavy atom. The molecule has 0 radical (unpaired) electrons. The number of carbonyl (C=O) groups is 2. The Hall–Kier alpha value is -2.83. The first-order chi connectivity index (χ1) is 12.2. The van der Waals surface area contributed by atoms with Crippen LogP contribution in [0, 0.1) is 5.92 Å². The molecule has 3 rings (SSSR count). The van der Waals surface area contributed by atoms with Gasteiger partial charge in [-0.15, -0.1) is 0 Å². The van der Waals surface area contributed by atoms with E-state index in [1.165, 1.54) is 0 Å². The largest absolute Gasteiger partial charge is 0.497 e. The summed E-state index contributed by atoms with van der Waals surface area (Å²) in [4.78, 5) is 30.2. The van der Waals surface area contributed by atoms with Crippen LogP contribution in [0.2, 0.25) is 0 Å². The van der Waals surface area contributed by atoms with Crippen LogP contribution in [0.4, 0.5) is 0 Å². The maximum Gasteiger partial charge on any atom is 0.225 e. The summed E-state index contributed by atoms with van der Waals surface area (Å²) in [5.74, 6) is 0.455. The summed E-state index contributed by atoms with van der Waals surface area (Å²) in [6.07, 6.45) is 5.53. The van der Waals surface area contributed by atoms with Crippen LogP contribution in [0.5, 0.6) is 5.75 Å². The van der Waals surface area contributed by atoms with Crippen LogP contribution >= 0.6 is 0 Å². The van der Waals surface area contributed by atoms with Gasteiger partial charge in [-0.25, -0.2) is 4.98 Å². The quantitative estimate of drug-likeness (QED) is 0.816. The van der Waals surface area contributed by atoms with Crippen LogP contribution < -0.4 is 10.1 Å². The minimum Gasteiger partial charge on any atom is -0.497 e. The Morgan fingerprint density at radius 1 is 1.36 bits per heavy atom. The summed E-state index contributed by atoms with van der Waals surface area (Å²) in [7, 11) is 1.62. The van der Waals surface area contributed by atoms with E-state index in [1.54, 1.807) is 24.5 Å². The zero-order chi connectivity index (χ0) is 17.6. The smallest absolute Gasteiger partial charge is 0.225 e. The standard InChI is InChI=1S/C18H22N4O3/c1-25-16-4-2-14(3-5-16)11-22-12-15(10-17(22)23)18(24)20-7-9-21-8-6-19-13-21/h2-6,8,13,15H,7,9-12H2,1H3,(H,20,24)/t15-/m1/s1. The summed E-state index contributed by atoms with van der Waals surface area (Å²) in [6.45, 7) is 2.17. The third-order valence-corrected chi connectivity index (χ3v) is 4.35. The van der Waals surface area contributed by atoms with Crippen molar-refractivity contribution < 1.29 is 14.3 Å². The second kappa shape index (κ2) is 7.83. The second-order valence-electron chi connectivity index (χ2n) is 6.11. The number of benzene rings is 1. The maximum atomic E-state index is 12.3. The van der Waals surface area contributed by atoms with Crippen molar-refractivity contribution in [2.45, 2.75) is 19.5 Å². The zero-order valence-corrected chi connectivity index (χ0v) is 14.2. The first-order valence-corrected chi connectivity index (χ1v) is 8.30. The fourth-order valence-corrected chi connectivity index (χ4v) is 2.92. The van der Waals surface area contributed by atoms with E-state index in [0.717, 1.165) is 11.3 Å². The zero-order valence-electron chi connectivity index (χ0n) is 14.2. The number of nitrogens with zero attached hydrogens (tertiary/aromatic N) is 3. The number of nitrogens with one attached hydrogen (secondary N) is 1. The number of ether oxygens (including phenoxy) is 1. The minimum atomic E-state index is -0.284. The molecular weight excluding hydrogens is 320 g/mol. The van der Waals surface area contributed by atoms with Gasteiger partial charge in [0.2, 0.25) is 11.8 Å². The highest BCUT2D eigenvalue weighted by molar-refractivity contribution is 5.89. The highest BCUT2D eigenvalue weighted by Crippen LogP contribution is 2.21. The molecule has 1 N–H and O–H groups in total. The number of amides is 2. The van der Waals surface area contributed by atoms with Gasteiger partial charge in [-0.2, -0.15) is 0 Å². The molecule has 1 aliphatic heterocycles. The number of likely N-dealkylation sites (tertiary alicyclic amines) is 1. The third kappa shape index (κ3) is 4.37. The van der Waals surface area contributed by atoms with Gasteiger partial charge in [0, 0.05) is 45.0 Å². The van der Waals surface area contributed by atoms with Crippen molar-refractivity contribution in [3.63, 3.8) is 0 Å². The number of imidazole rings is 1. The Balaban J connectivity index is 1.48. The fourth-order valence-electron chi connectivity index (χ4n) is 2.92. The summed E-state index contributed by atoms with van der Waals surface area (Å²) >= 11 is 0. The van der Waals surface area contributed by atoms with Crippen molar-refractivity contribution >= 4 is 11.8 Å². The minimum absolute atomic E-state index is 0.0191. The molecule has 0 bridgehead atoms. The normalized spacial score (nSPS) is 16.9. The van der Waals surface area contributed by atoms with Crippen LogP contribution in [-0.4, -0.2) is 46.5 Å². The molecule has 25 heavy (non-hydrogen) atoms. The van der Waals surface area contributed by atoms with Gasteiger partial charge >= 0.3 is 0 Å². The van der Waals surface area contributed by atoms with E-state index < -0.39 is 0 Å². The van der Waals surface area contributed by atoms with Crippen LogP contribution in [-0.2, 0) is 22.7 Å². The van der Waals surface area contributed by atoms with Crippen LogP contribution in [0.3, 0.4) is 0 Å². The molecule has 2 aromatic rings. The SMILES string of the molecule is COc1ccc(CN2C[C@H](C(=O)NCCn3ccnc3)CC2=O)cc1. The Morgan fingerprint density at radius 2 is 2.16 bits per heavy atom. The highest BCUT2D eigenvalue weighted by Gasteiger charge is 2.33. The summed E-state index contributed by atoms with van der Waals surface area (Å²) in [5, 5.41) is 2.90. The number of methoxy groups -OCH3 is 1. The lowest BCUT2D eigenvalue weighted by atomic mass is 10.1. The molecule has 1 fully saturated rings. The average Bonchev–Trinajstić information content (AvgIpc) is 3.26. The van der Waals surface area contributed by atoms with Crippen LogP contribution in [0.1, 0.15) is 12.0 Å². The molecular formula is C18H22N4O3. The Labute approximate surface area is 146 Å². The molecule has 132 valence electrons. The summed E-state index contributed by atoms with van der Waals surface area (Å²) in [6, 6.07) is 7.61. The average molecular weight is 342 g/mol. The third-order valence-electron chi connectivity index (χ3n) is 4.35. The lowest BCUT2D eigenvalue weighted by molar-refractivity contribution is -0.129. The van der Waals surface area contributed by atoms with Crippen molar-refractivity contribution in [1.29, 1.82) is 0 Å². The summed E-state index contributed by atoms with van der Waals surface area (Å²) < 4.78 is 7.03. The molecule has 7 heteroatoms. The molecule has 1 aromatic heterocycles. The molecule has 1 saturated heterocycles. The second-order valence-corrected chi connectivity index (χ2v) is 6.11. The van der Waals surface area contributed by atoms with E-state index in [0.29, 0.717) is 26.2 Å². The van der Waals surface area contributed by atoms with E-state index in [4.69, 9.17) is 4.74 Å². The molecule has 0 unspecified atom stereocenters. The monoisotopic (exact) mass is 342 g/mol. The van der Waals surface area contributed by atoms with Crippen molar-refractivity contribution in [3.05, 3.63) is 48.5 Å². The first kappa shape index (κ1) is 17.0. The van der Waals surface area contributed by atoms with E-state index >= 15 is 0 Å². The van der Waals surface area contributed by atoms with E-state index in [9.17, 15) is 9.59 Å². The van der Waals surface area contributed by atoms with Crippen LogP contribution in [0.15, 0.2) is 43.0 Å². The number of rotatable bonds is 7. The van der Waals surface area contributed by atoms with Crippen molar-refractivity contribution in [3.8, 4) is 5.75 Å². The topological polar surface area (TPSA) is 76.5 Å². The number of hydrogen-bond donors (Lipinski definition) is 1. The number of aromatic nitrogens is 2. The maximum absolute atomic E-state index is 12.3. The first-order valence-electron chi connectivity index (χ1n) is 8.30. The number of carbonyl (C=O) groups excluding carboxylic acids is 2. The lowest BCUT2D eigenvalue weighted by Gasteiger charge is -2.17. The van der Waals surface area contributed by atoms with Crippen molar-refractivity contribution in [1.82, 2.24) is 19.8 Å². The fraction of sp³-hybridized carbons (Fsp3) is 0.389. The van der Waals surface area contributed by atoms with Gasteiger partial charge in [-0.05, 0) is 17.7 Å². The molecule has 2 amide bonds. The van der Waals surface area contributed by atoms with Crippen molar-refractivity contribution in [2.75, 3.05) is 20.2 Å². The lowest BCUT2D eigenvalue weighted by Crippen LogP contribution is -2.34. The van der Waals surface area contributed by atoms with E-state index in [2.05, 4.69) is 10.3 Å². The van der Waals surface area contributed by atoms with Gasteiger partial charge in [-0.1, -0.05) is 12.1 Å². The predicted molar refractivity (Wildman–Crippen MR) is 91.8 cm³/mol. The highest BCUT2D eigenvalue weighted by atomic mass is 16.5. The van der Waals surface area contributed by atoms with E-state index in [-0.39, 0.29) is 24.2 Å². The molecule has 1 atom stereocenters. The van der Waals surface area contributed by atoms with Crippen LogP contribution in [0.25, 0.3) is 0 Å². The van der Waals surface area contributed by atoms with Gasteiger partial charge in [0.25, 0.3) is 0 Å². The van der Waals surface area contributed by atoms with Gasteiger partial charge in [0.1, 0.15) is 5.75 Å². The molecule has 0 spiro atoms. The molecule has 0 aliphatic carbocycles. The van der Waals surface area contributed by atoms with Gasteiger partial charge < -0.3 is 19.5 Å². The summed E-state index contributed by atoms with van der Waals surface area (Å²) in [5.41, 5.74) is 1.02. The Kier molecular flexibility index (Phi) is 5.33. The van der Waals surface area contributed by atoms with Gasteiger partial charge in [0.05, 0.1) is 19.4 Å². The molecule has 7 nitrogen and oxygen atoms in total.